The summed E-state index contributed by atoms with van der Waals surface area (Å²) in [5.74, 6) is 1.26. The van der Waals surface area contributed by atoms with E-state index in [1.165, 1.54) is 12.1 Å². The molecule has 1 aliphatic rings. The fraction of sp³-hybridized carbons (Fsp3) is 0.333. The summed E-state index contributed by atoms with van der Waals surface area (Å²) in [6, 6.07) is 8.07. The molecule has 1 saturated heterocycles. The number of amides is 1. The number of nitrogens with one attached hydrogen (secondary N) is 1. The Morgan fingerprint density at radius 2 is 1.97 bits per heavy atom. The van der Waals surface area contributed by atoms with Crippen LogP contribution in [0.15, 0.2) is 60.1 Å². The van der Waals surface area contributed by atoms with Gasteiger partial charge in [0.25, 0.3) is 0 Å². The lowest BCUT2D eigenvalue weighted by Crippen LogP contribution is -2.43. The molecule has 3 aromatic rings. The number of carbonyl (C=O) groups excluding carboxylic acids is 1. The summed E-state index contributed by atoms with van der Waals surface area (Å²) < 4.78 is 24.5. The second-order valence-electron chi connectivity index (χ2n) is 7.70. The van der Waals surface area contributed by atoms with E-state index in [4.69, 9.17) is 5.14 Å². The molecular weight excluding hydrogens is 430 g/mol. The molecule has 0 bridgehead atoms. The third-order valence-electron chi connectivity index (χ3n) is 5.45. The number of anilines is 1. The number of sulfonamides is 1. The summed E-state index contributed by atoms with van der Waals surface area (Å²) >= 11 is 0. The summed E-state index contributed by atoms with van der Waals surface area (Å²) in [7, 11) is -3.73. The van der Waals surface area contributed by atoms with E-state index in [1.54, 1.807) is 41.6 Å². The summed E-state index contributed by atoms with van der Waals surface area (Å²) in [4.78, 5) is 27.9. The van der Waals surface area contributed by atoms with Crippen molar-refractivity contribution in [1.82, 2.24) is 24.8 Å². The summed E-state index contributed by atoms with van der Waals surface area (Å²) in [6.07, 6.45) is 10.2. The van der Waals surface area contributed by atoms with Gasteiger partial charge >= 0.3 is 0 Å². The van der Waals surface area contributed by atoms with Crippen LogP contribution in [0.4, 0.5) is 5.82 Å². The van der Waals surface area contributed by atoms with Crippen molar-refractivity contribution in [3.05, 3.63) is 60.8 Å². The fourth-order valence-corrected chi connectivity index (χ4v) is 4.31. The molecule has 1 aromatic carbocycles. The molecule has 4 rings (SSSR count). The van der Waals surface area contributed by atoms with Crippen LogP contribution in [-0.4, -0.2) is 46.4 Å². The van der Waals surface area contributed by atoms with Crippen LogP contribution < -0.4 is 15.4 Å². The molecule has 10 nitrogen and oxygen atoms in total. The molecule has 168 valence electrons. The molecule has 32 heavy (non-hydrogen) atoms. The van der Waals surface area contributed by atoms with Gasteiger partial charge in [-0.1, -0.05) is 12.1 Å². The molecule has 1 atom stereocenters. The zero-order valence-electron chi connectivity index (χ0n) is 17.5. The Morgan fingerprint density at radius 3 is 2.69 bits per heavy atom. The van der Waals surface area contributed by atoms with Gasteiger partial charge in [0.05, 0.1) is 4.90 Å². The third kappa shape index (κ3) is 5.29. The molecule has 11 heteroatoms. The second kappa shape index (κ2) is 9.45. The molecule has 3 heterocycles. The van der Waals surface area contributed by atoms with E-state index in [1.807, 2.05) is 6.07 Å². The molecule has 0 radical (unpaired) electrons. The van der Waals surface area contributed by atoms with Crippen molar-refractivity contribution in [2.45, 2.75) is 43.2 Å². The largest absolute Gasteiger partial charge is 0.353 e. The van der Waals surface area contributed by atoms with Crippen molar-refractivity contribution in [3.63, 3.8) is 0 Å². The van der Waals surface area contributed by atoms with E-state index in [2.05, 4.69) is 25.2 Å². The predicted molar refractivity (Wildman–Crippen MR) is 118 cm³/mol. The van der Waals surface area contributed by atoms with E-state index in [9.17, 15) is 13.2 Å². The molecule has 2 aromatic heterocycles. The molecular formula is C21H25N7O3S. The Hall–Kier alpha value is -3.31. The molecule has 0 saturated carbocycles. The van der Waals surface area contributed by atoms with Crippen LogP contribution in [0.5, 0.6) is 0 Å². The molecule has 3 N–H and O–H groups in total. The topological polar surface area (TPSA) is 136 Å². The first kappa shape index (κ1) is 21.9. The van der Waals surface area contributed by atoms with Crippen LogP contribution in [-0.2, 0) is 21.4 Å². The molecule has 1 amide bonds. The number of hydrogen-bond acceptors (Lipinski definition) is 7. The summed E-state index contributed by atoms with van der Waals surface area (Å²) in [5, 5.41) is 8.03. The molecule has 1 unspecified atom stereocenters. The second-order valence-corrected chi connectivity index (χ2v) is 9.26. The first-order chi connectivity index (χ1) is 15.4. The highest BCUT2D eigenvalue weighted by molar-refractivity contribution is 7.89. The number of benzene rings is 1. The smallest absolute Gasteiger partial charge is 0.238 e. The minimum absolute atomic E-state index is 0.0408. The maximum Gasteiger partial charge on any atom is 0.238 e. The number of aromatic nitrogens is 4. The number of hydrogen-bond donors (Lipinski definition) is 2. The van der Waals surface area contributed by atoms with Gasteiger partial charge in [-0.2, -0.15) is 4.98 Å². The van der Waals surface area contributed by atoms with Crippen molar-refractivity contribution >= 4 is 21.7 Å². The lowest BCUT2D eigenvalue weighted by atomic mass is 9.99. The first-order valence-corrected chi connectivity index (χ1v) is 11.9. The van der Waals surface area contributed by atoms with Gasteiger partial charge in [-0.15, -0.1) is 0 Å². The summed E-state index contributed by atoms with van der Waals surface area (Å²) in [6.45, 7) is 1.14. The van der Waals surface area contributed by atoms with Crippen LogP contribution >= 0.6 is 0 Å². The van der Waals surface area contributed by atoms with Crippen molar-refractivity contribution < 1.29 is 13.2 Å². The maximum atomic E-state index is 12.6. The fourth-order valence-electron chi connectivity index (χ4n) is 3.80. The van der Waals surface area contributed by atoms with Crippen LogP contribution in [0.2, 0.25) is 0 Å². The number of nitrogens with two attached hydrogens (primary N) is 1. The predicted octanol–water partition coefficient (Wildman–Crippen LogP) is 1.38. The zero-order chi connectivity index (χ0) is 22.6. The van der Waals surface area contributed by atoms with E-state index < -0.39 is 10.0 Å². The zero-order valence-corrected chi connectivity index (χ0v) is 18.3. The Bertz CT molecular complexity index is 1160. The van der Waals surface area contributed by atoms with Gasteiger partial charge in [-0.3, -0.25) is 9.36 Å². The van der Waals surface area contributed by atoms with Gasteiger partial charge in [-0.05, 0) is 43.0 Å². The Kier molecular flexibility index (Phi) is 6.47. The Labute approximate surface area is 186 Å². The van der Waals surface area contributed by atoms with E-state index in [0.717, 1.165) is 37.2 Å². The van der Waals surface area contributed by atoms with E-state index in [0.29, 0.717) is 18.9 Å². The van der Waals surface area contributed by atoms with Gasteiger partial charge in [0.2, 0.25) is 21.9 Å². The highest BCUT2D eigenvalue weighted by Gasteiger charge is 2.26. The first-order valence-electron chi connectivity index (χ1n) is 10.4. The lowest BCUT2D eigenvalue weighted by Gasteiger charge is -2.36. The summed E-state index contributed by atoms with van der Waals surface area (Å²) in [5.41, 5.74) is 0.798. The van der Waals surface area contributed by atoms with E-state index >= 15 is 0 Å². The van der Waals surface area contributed by atoms with Crippen molar-refractivity contribution in [2.75, 3.05) is 11.4 Å². The van der Waals surface area contributed by atoms with Gasteiger partial charge in [0.1, 0.15) is 12.1 Å². The molecule has 0 spiro atoms. The van der Waals surface area contributed by atoms with Crippen LogP contribution in [0.3, 0.4) is 0 Å². The minimum Gasteiger partial charge on any atom is -0.353 e. The normalized spacial score (nSPS) is 16.7. The number of piperidine rings is 1. The average Bonchev–Trinajstić information content (AvgIpc) is 3.33. The SMILES string of the molecule is NS(=O)(=O)c1ccc(CNC(=O)CC2CCCCN2c2ccnc(-n3ccnc3)n2)cc1. The van der Waals surface area contributed by atoms with Crippen LogP contribution in [0.25, 0.3) is 5.95 Å². The van der Waals surface area contributed by atoms with E-state index in [-0.39, 0.29) is 16.8 Å². The third-order valence-corrected chi connectivity index (χ3v) is 6.38. The Balaban J connectivity index is 1.39. The minimum atomic E-state index is -3.73. The molecule has 0 aliphatic carbocycles. The van der Waals surface area contributed by atoms with Gasteiger partial charge in [0, 0.05) is 44.1 Å². The van der Waals surface area contributed by atoms with Crippen LogP contribution in [0, 0.1) is 0 Å². The number of nitrogens with zero attached hydrogens (tertiary/aromatic N) is 5. The number of primary sulfonamides is 1. The van der Waals surface area contributed by atoms with Crippen LogP contribution in [0.1, 0.15) is 31.2 Å². The lowest BCUT2D eigenvalue weighted by molar-refractivity contribution is -0.121. The standard InChI is InChI=1S/C21H25N7O3S/c22-32(30,31)18-6-4-16(5-7-18)14-25-20(29)13-17-3-1-2-11-28(17)19-8-9-24-21(26-19)27-12-10-23-15-27/h4-10,12,15,17H,1-3,11,13-14H2,(H,25,29)(H2,22,30,31). The molecule has 1 aliphatic heterocycles. The maximum absolute atomic E-state index is 12.6. The quantitative estimate of drug-likeness (QED) is 0.549. The van der Waals surface area contributed by atoms with Gasteiger partial charge in [0.15, 0.2) is 0 Å². The highest BCUT2D eigenvalue weighted by Crippen LogP contribution is 2.25. The Morgan fingerprint density at radius 1 is 1.16 bits per heavy atom. The number of carbonyl (C=O) groups is 1. The van der Waals surface area contributed by atoms with Crippen molar-refractivity contribution in [2.24, 2.45) is 5.14 Å². The monoisotopic (exact) mass is 455 g/mol. The van der Waals surface area contributed by atoms with Crippen molar-refractivity contribution in [3.8, 4) is 5.95 Å². The van der Waals surface area contributed by atoms with Gasteiger partial charge < -0.3 is 10.2 Å². The highest BCUT2D eigenvalue weighted by atomic mass is 32.2. The van der Waals surface area contributed by atoms with Crippen molar-refractivity contribution in [1.29, 1.82) is 0 Å². The molecule has 1 fully saturated rings. The number of imidazole rings is 1. The average molecular weight is 456 g/mol. The number of rotatable bonds is 7. The van der Waals surface area contributed by atoms with Gasteiger partial charge in [-0.25, -0.2) is 23.5 Å².